The van der Waals surface area contributed by atoms with Crippen LogP contribution in [0.5, 0.6) is 0 Å². The van der Waals surface area contributed by atoms with Crippen LogP contribution in [0.15, 0.2) is 0 Å². The number of nitrogens with one attached hydrogen (secondary N) is 1. The minimum atomic E-state index is -0.518. The molecule has 0 saturated carbocycles. The van der Waals surface area contributed by atoms with E-state index >= 15 is 0 Å². The van der Waals surface area contributed by atoms with Gasteiger partial charge in [-0.1, -0.05) is 27.2 Å². The summed E-state index contributed by atoms with van der Waals surface area (Å²) in [4.78, 5) is 12.6. The molecule has 0 radical (unpaired) electrons. The molecule has 1 aromatic heterocycles. The van der Waals surface area contributed by atoms with Gasteiger partial charge in [-0.25, -0.2) is 4.79 Å². The van der Waals surface area contributed by atoms with Gasteiger partial charge in [0.15, 0.2) is 0 Å². The minimum Gasteiger partial charge on any atom is -0.453 e. The molecule has 0 aromatic carbocycles. The SMILES string of the molecule is CCC(C)(C)C1CCc2c(sc(NC(=O)OC)c2C#N)C1. The van der Waals surface area contributed by atoms with Gasteiger partial charge in [0.1, 0.15) is 11.1 Å². The minimum absolute atomic E-state index is 0.310. The van der Waals surface area contributed by atoms with E-state index in [1.807, 2.05) is 0 Å². The maximum absolute atomic E-state index is 11.4. The van der Waals surface area contributed by atoms with Crippen LogP contribution < -0.4 is 5.32 Å². The maximum Gasteiger partial charge on any atom is 0.411 e. The van der Waals surface area contributed by atoms with E-state index in [9.17, 15) is 10.1 Å². The summed E-state index contributed by atoms with van der Waals surface area (Å²) < 4.78 is 4.63. The highest BCUT2D eigenvalue weighted by Gasteiger charge is 2.34. The third kappa shape index (κ3) is 3.06. The fraction of sp³-hybridized carbons (Fsp3) is 0.625. The Hall–Kier alpha value is -1.54. The molecule has 0 saturated heterocycles. The summed E-state index contributed by atoms with van der Waals surface area (Å²) in [5.41, 5.74) is 2.05. The molecule has 1 heterocycles. The lowest BCUT2D eigenvalue weighted by Crippen LogP contribution is -2.28. The van der Waals surface area contributed by atoms with Crippen molar-refractivity contribution in [2.24, 2.45) is 11.3 Å². The van der Waals surface area contributed by atoms with Crippen LogP contribution in [-0.2, 0) is 17.6 Å². The van der Waals surface area contributed by atoms with Crippen LogP contribution in [0.4, 0.5) is 9.80 Å². The Bertz CT molecular complexity index is 584. The first-order chi connectivity index (χ1) is 9.92. The second-order valence-corrected chi connectivity index (χ2v) is 7.32. The van der Waals surface area contributed by atoms with Crippen molar-refractivity contribution in [2.75, 3.05) is 12.4 Å². The summed E-state index contributed by atoms with van der Waals surface area (Å²) in [6.45, 7) is 6.86. The smallest absolute Gasteiger partial charge is 0.411 e. The normalized spacial score (nSPS) is 17.8. The Morgan fingerprint density at radius 1 is 1.57 bits per heavy atom. The number of methoxy groups -OCH3 is 1. The first-order valence-corrected chi connectivity index (χ1v) is 8.14. The molecular weight excluding hydrogens is 284 g/mol. The van der Waals surface area contributed by atoms with Gasteiger partial charge in [-0.2, -0.15) is 5.26 Å². The molecule has 1 aromatic rings. The van der Waals surface area contributed by atoms with Crippen LogP contribution >= 0.6 is 11.3 Å². The Morgan fingerprint density at radius 2 is 2.29 bits per heavy atom. The number of carbonyl (C=O) groups excluding carboxylic acids is 1. The molecule has 1 amide bonds. The zero-order valence-corrected chi connectivity index (χ0v) is 13.9. The van der Waals surface area contributed by atoms with Crippen LogP contribution in [0.2, 0.25) is 0 Å². The number of hydrogen-bond acceptors (Lipinski definition) is 4. The Kier molecular flexibility index (Phi) is 4.58. The predicted molar refractivity (Wildman–Crippen MR) is 84.6 cm³/mol. The lowest BCUT2D eigenvalue weighted by Gasteiger charge is -2.36. The number of anilines is 1. The molecule has 0 fully saturated rings. The first kappa shape index (κ1) is 15.8. The van der Waals surface area contributed by atoms with E-state index < -0.39 is 6.09 Å². The van der Waals surface area contributed by atoms with Crippen molar-refractivity contribution >= 4 is 22.4 Å². The quantitative estimate of drug-likeness (QED) is 0.903. The molecule has 1 aliphatic carbocycles. The van der Waals surface area contributed by atoms with Crippen molar-refractivity contribution in [3.8, 4) is 6.07 Å². The number of rotatable bonds is 3. The molecule has 1 unspecified atom stereocenters. The monoisotopic (exact) mass is 306 g/mol. The van der Waals surface area contributed by atoms with Crippen LogP contribution in [0, 0.1) is 22.7 Å². The van der Waals surface area contributed by atoms with Crippen molar-refractivity contribution < 1.29 is 9.53 Å². The number of thiophene rings is 1. The fourth-order valence-electron chi connectivity index (χ4n) is 2.89. The van der Waals surface area contributed by atoms with Crippen molar-refractivity contribution in [1.29, 1.82) is 5.26 Å². The van der Waals surface area contributed by atoms with Crippen molar-refractivity contribution in [3.63, 3.8) is 0 Å². The number of hydrogen-bond donors (Lipinski definition) is 1. The molecule has 114 valence electrons. The van der Waals surface area contributed by atoms with E-state index in [4.69, 9.17) is 0 Å². The molecule has 1 atom stereocenters. The van der Waals surface area contributed by atoms with Gasteiger partial charge < -0.3 is 4.74 Å². The number of ether oxygens (including phenoxy) is 1. The average molecular weight is 306 g/mol. The highest BCUT2D eigenvalue weighted by atomic mass is 32.1. The van der Waals surface area contributed by atoms with Gasteiger partial charge in [-0.05, 0) is 36.2 Å². The summed E-state index contributed by atoms with van der Waals surface area (Å²) in [6.07, 6.45) is 3.66. The Morgan fingerprint density at radius 3 is 2.86 bits per heavy atom. The molecule has 2 rings (SSSR count). The Balaban J connectivity index is 2.29. The van der Waals surface area contributed by atoms with Gasteiger partial charge in [-0.3, -0.25) is 5.32 Å². The van der Waals surface area contributed by atoms with E-state index in [1.165, 1.54) is 23.3 Å². The second-order valence-electron chi connectivity index (χ2n) is 6.22. The number of nitriles is 1. The van der Waals surface area contributed by atoms with E-state index in [1.54, 1.807) is 0 Å². The number of carbonyl (C=O) groups is 1. The van der Waals surface area contributed by atoms with Gasteiger partial charge in [0.2, 0.25) is 0 Å². The molecule has 0 aliphatic heterocycles. The number of amides is 1. The van der Waals surface area contributed by atoms with E-state index in [-0.39, 0.29) is 0 Å². The predicted octanol–water partition coefficient (Wildman–Crippen LogP) is 4.34. The molecule has 1 N–H and O–H groups in total. The van der Waals surface area contributed by atoms with Gasteiger partial charge in [0.25, 0.3) is 0 Å². The summed E-state index contributed by atoms with van der Waals surface area (Å²) >= 11 is 1.53. The highest BCUT2D eigenvalue weighted by molar-refractivity contribution is 7.16. The zero-order valence-electron chi connectivity index (χ0n) is 13.1. The van der Waals surface area contributed by atoms with Gasteiger partial charge in [0.05, 0.1) is 12.7 Å². The third-order valence-corrected chi connectivity index (χ3v) is 5.96. The van der Waals surface area contributed by atoms with E-state index in [0.29, 0.717) is 21.9 Å². The van der Waals surface area contributed by atoms with Crippen LogP contribution in [0.25, 0.3) is 0 Å². The van der Waals surface area contributed by atoms with Crippen LogP contribution in [0.1, 0.15) is 49.6 Å². The summed E-state index contributed by atoms with van der Waals surface area (Å²) in [6, 6.07) is 2.24. The maximum atomic E-state index is 11.4. The van der Waals surface area contributed by atoms with Gasteiger partial charge in [0, 0.05) is 4.88 Å². The number of nitrogens with zero attached hydrogens (tertiary/aromatic N) is 1. The third-order valence-electron chi connectivity index (χ3n) is 4.79. The average Bonchev–Trinajstić information content (AvgIpc) is 2.82. The molecule has 0 spiro atoms. The lowest BCUT2D eigenvalue weighted by molar-refractivity contribution is 0.184. The standard InChI is InChI=1S/C16H22N2O2S/c1-5-16(2,3)10-6-7-11-12(9-17)14(18-15(19)20-4)21-13(11)8-10/h10H,5-8H2,1-4H3,(H,18,19). The largest absolute Gasteiger partial charge is 0.453 e. The molecule has 4 nitrogen and oxygen atoms in total. The van der Waals surface area contributed by atoms with E-state index in [2.05, 4.69) is 36.9 Å². The molecule has 5 heteroatoms. The Labute approximate surface area is 130 Å². The highest BCUT2D eigenvalue weighted by Crippen LogP contribution is 2.45. The molecule has 1 aliphatic rings. The van der Waals surface area contributed by atoms with Crippen molar-refractivity contribution in [3.05, 3.63) is 16.0 Å². The van der Waals surface area contributed by atoms with Crippen LogP contribution in [0.3, 0.4) is 0 Å². The molecular formula is C16H22N2O2S. The fourth-order valence-corrected chi connectivity index (χ4v) is 4.16. The number of fused-ring (bicyclic) bond motifs is 1. The first-order valence-electron chi connectivity index (χ1n) is 7.32. The molecule has 21 heavy (non-hydrogen) atoms. The van der Waals surface area contributed by atoms with Crippen molar-refractivity contribution in [2.45, 2.75) is 46.5 Å². The second kappa shape index (κ2) is 6.07. The summed E-state index contributed by atoms with van der Waals surface area (Å²) in [5, 5.41) is 12.7. The summed E-state index contributed by atoms with van der Waals surface area (Å²) in [7, 11) is 1.33. The van der Waals surface area contributed by atoms with Gasteiger partial charge in [-0.15, -0.1) is 11.3 Å². The van der Waals surface area contributed by atoms with Gasteiger partial charge >= 0.3 is 6.09 Å². The molecule has 0 bridgehead atoms. The lowest BCUT2D eigenvalue weighted by atomic mass is 9.69. The van der Waals surface area contributed by atoms with Crippen molar-refractivity contribution in [1.82, 2.24) is 0 Å². The van der Waals surface area contributed by atoms with E-state index in [0.717, 1.165) is 31.2 Å². The van der Waals surface area contributed by atoms with Crippen LogP contribution in [-0.4, -0.2) is 13.2 Å². The zero-order chi connectivity index (χ0) is 15.6. The topological polar surface area (TPSA) is 62.1 Å². The summed E-state index contributed by atoms with van der Waals surface area (Å²) in [5.74, 6) is 0.631.